The summed E-state index contributed by atoms with van der Waals surface area (Å²) < 4.78 is 11.2. The minimum atomic E-state index is -0.437. The van der Waals surface area contributed by atoms with Crippen LogP contribution < -0.4 is 0 Å². The SMILES string of the molecule is CC(C)(C)OC(=O)N1CCC(I)CC1.CC(C)(C)OC(=O)N1CCC(O)CC1. The molecule has 2 heterocycles. The number of rotatable bonds is 0. The zero-order valence-electron chi connectivity index (χ0n) is 18.2. The van der Waals surface area contributed by atoms with Gasteiger partial charge in [-0.05, 0) is 67.2 Å². The third-order valence-corrected chi connectivity index (χ3v) is 5.44. The van der Waals surface area contributed by atoms with Crippen molar-refractivity contribution in [3.05, 3.63) is 0 Å². The van der Waals surface area contributed by atoms with E-state index in [0.717, 1.165) is 25.9 Å². The van der Waals surface area contributed by atoms with Crippen molar-refractivity contribution >= 4 is 34.8 Å². The lowest BCUT2D eigenvalue weighted by Gasteiger charge is -2.31. The maximum absolute atomic E-state index is 11.6. The number of amides is 2. The fraction of sp³-hybridized carbons (Fsp3) is 0.900. The molecule has 28 heavy (non-hydrogen) atoms. The first-order chi connectivity index (χ1) is 12.8. The molecule has 0 radical (unpaired) electrons. The van der Waals surface area contributed by atoms with Gasteiger partial charge in [0.25, 0.3) is 0 Å². The van der Waals surface area contributed by atoms with Crippen LogP contribution >= 0.6 is 22.6 Å². The first-order valence-corrected chi connectivity index (χ1v) is 11.3. The summed E-state index contributed by atoms with van der Waals surface area (Å²) in [5.41, 5.74) is -0.814. The van der Waals surface area contributed by atoms with Crippen molar-refractivity contribution in [3.8, 4) is 0 Å². The average molecular weight is 512 g/mol. The zero-order valence-corrected chi connectivity index (χ0v) is 20.3. The Labute approximate surface area is 183 Å². The van der Waals surface area contributed by atoms with Gasteiger partial charge in [0, 0.05) is 30.1 Å². The normalized spacial score (nSPS) is 19.6. The van der Waals surface area contributed by atoms with Gasteiger partial charge in [-0.3, -0.25) is 0 Å². The number of aliphatic hydroxyl groups excluding tert-OH is 1. The largest absolute Gasteiger partial charge is 0.444 e. The monoisotopic (exact) mass is 512 g/mol. The van der Waals surface area contributed by atoms with E-state index in [2.05, 4.69) is 22.6 Å². The Morgan fingerprint density at radius 2 is 1.11 bits per heavy atom. The van der Waals surface area contributed by atoms with Gasteiger partial charge < -0.3 is 24.4 Å². The Hall–Kier alpha value is -0.770. The number of hydrogen-bond donors (Lipinski definition) is 1. The minimum Gasteiger partial charge on any atom is -0.444 e. The van der Waals surface area contributed by atoms with Gasteiger partial charge in [-0.25, -0.2) is 9.59 Å². The van der Waals surface area contributed by atoms with E-state index < -0.39 is 5.60 Å². The van der Waals surface area contributed by atoms with Crippen molar-refractivity contribution in [2.24, 2.45) is 0 Å². The predicted octanol–water partition coefficient (Wildman–Crippen LogP) is 4.20. The third-order valence-electron chi connectivity index (χ3n) is 4.19. The Bertz CT molecular complexity index is 454. The van der Waals surface area contributed by atoms with Crippen LogP contribution in [0.15, 0.2) is 0 Å². The summed E-state index contributed by atoms with van der Waals surface area (Å²) in [6, 6.07) is 0. The van der Waals surface area contributed by atoms with Gasteiger partial charge in [0.2, 0.25) is 0 Å². The molecular weight excluding hydrogens is 475 g/mol. The van der Waals surface area contributed by atoms with Crippen molar-refractivity contribution in [1.29, 1.82) is 0 Å². The summed E-state index contributed by atoms with van der Waals surface area (Å²) >= 11 is 2.44. The van der Waals surface area contributed by atoms with Crippen molar-refractivity contribution in [3.63, 3.8) is 0 Å². The van der Waals surface area contributed by atoms with Crippen LogP contribution in [-0.2, 0) is 9.47 Å². The van der Waals surface area contributed by atoms with Crippen LogP contribution in [-0.4, -0.2) is 74.5 Å². The van der Waals surface area contributed by atoms with E-state index in [-0.39, 0.29) is 23.9 Å². The molecule has 7 nitrogen and oxygen atoms in total. The third kappa shape index (κ3) is 10.7. The van der Waals surface area contributed by atoms with Gasteiger partial charge in [-0.2, -0.15) is 0 Å². The van der Waals surface area contributed by atoms with Gasteiger partial charge >= 0.3 is 12.2 Å². The highest BCUT2D eigenvalue weighted by molar-refractivity contribution is 14.1. The summed E-state index contributed by atoms with van der Waals surface area (Å²) in [5, 5.41) is 9.26. The molecule has 0 aliphatic carbocycles. The number of piperidine rings is 2. The van der Waals surface area contributed by atoms with Crippen LogP contribution in [0.3, 0.4) is 0 Å². The highest BCUT2D eigenvalue weighted by Crippen LogP contribution is 2.20. The number of likely N-dealkylation sites (tertiary alicyclic amines) is 2. The fourth-order valence-electron chi connectivity index (χ4n) is 2.73. The fourth-order valence-corrected chi connectivity index (χ4v) is 3.29. The lowest BCUT2D eigenvalue weighted by molar-refractivity contribution is 0.00996. The second kappa shape index (κ2) is 10.8. The maximum atomic E-state index is 11.6. The zero-order chi connectivity index (χ0) is 21.5. The molecule has 2 aliphatic heterocycles. The summed E-state index contributed by atoms with van der Waals surface area (Å²) in [6.45, 7) is 14.1. The van der Waals surface area contributed by atoms with Crippen molar-refractivity contribution in [2.75, 3.05) is 26.2 Å². The maximum Gasteiger partial charge on any atom is 0.410 e. The molecule has 0 unspecified atom stereocenters. The van der Waals surface area contributed by atoms with E-state index in [4.69, 9.17) is 9.47 Å². The van der Waals surface area contributed by atoms with Crippen molar-refractivity contribution < 1.29 is 24.2 Å². The van der Waals surface area contributed by atoms with Crippen LogP contribution in [0.4, 0.5) is 9.59 Å². The molecule has 0 bridgehead atoms. The van der Waals surface area contributed by atoms with E-state index in [0.29, 0.717) is 29.9 Å². The number of carbonyl (C=O) groups is 2. The molecule has 0 saturated carbocycles. The number of ether oxygens (including phenoxy) is 2. The highest BCUT2D eigenvalue weighted by atomic mass is 127. The smallest absolute Gasteiger partial charge is 0.410 e. The molecule has 164 valence electrons. The number of nitrogens with zero attached hydrogens (tertiary/aromatic N) is 2. The number of halogens is 1. The number of carbonyl (C=O) groups excluding carboxylic acids is 2. The lowest BCUT2D eigenvalue weighted by atomic mass is 10.1. The number of aliphatic hydroxyl groups is 1. The van der Waals surface area contributed by atoms with Crippen molar-refractivity contribution in [2.45, 2.75) is 88.5 Å². The number of hydrogen-bond acceptors (Lipinski definition) is 5. The molecule has 0 aromatic rings. The summed E-state index contributed by atoms with van der Waals surface area (Å²) in [6.07, 6.45) is 2.77. The first kappa shape index (κ1) is 25.3. The van der Waals surface area contributed by atoms with E-state index in [1.54, 1.807) is 9.80 Å². The quantitative estimate of drug-likeness (QED) is 0.389. The Balaban J connectivity index is 0.000000280. The van der Waals surface area contributed by atoms with Gasteiger partial charge in [-0.1, -0.05) is 22.6 Å². The van der Waals surface area contributed by atoms with Gasteiger partial charge in [0.1, 0.15) is 11.2 Å². The Morgan fingerprint density at radius 3 is 1.43 bits per heavy atom. The Morgan fingerprint density at radius 1 is 0.786 bits per heavy atom. The number of alkyl halides is 1. The molecule has 2 saturated heterocycles. The molecule has 8 heteroatoms. The van der Waals surface area contributed by atoms with Gasteiger partial charge in [0.05, 0.1) is 6.10 Å². The van der Waals surface area contributed by atoms with Gasteiger partial charge in [-0.15, -0.1) is 0 Å². The van der Waals surface area contributed by atoms with Crippen LogP contribution in [0.5, 0.6) is 0 Å². The van der Waals surface area contributed by atoms with Crippen LogP contribution in [0.2, 0.25) is 0 Å². The Kier molecular flexibility index (Phi) is 9.79. The molecule has 2 amide bonds. The van der Waals surface area contributed by atoms with E-state index >= 15 is 0 Å². The van der Waals surface area contributed by atoms with E-state index in [1.165, 1.54) is 0 Å². The van der Waals surface area contributed by atoms with Crippen LogP contribution in [0.25, 0.3) is 0 Å². The average Bonchev–Trinajstić information content (AvgIpc) is 2.53. The standard InChI is InChI=1S/C10H18INO2.C10H19NO3/c1-10(2,3)14-9(13)12-6-4-8(11)5-7-12;1-10(2,3)14-9(13)11-6-4-8(12)5-7-11/h8H,4-7H2,1-3H3;8,12H,4-7H2,1-3H3. The van der Waals surface area contributed by atoms with E-state index in [9.17, 15) is 14.7 Å². The lowest BCUT2D eigenvalue weighted by Crippen LogP contribution is -2.42. The molecule has 2 rings (SSSR count). The molecule has 0 spiro atoms. The first-order valence-electron chi connectivity index (χ1n) is 10.0. The van der Waals surface area contributed by atoms with Crippen molar-refractivity contribution in [1.82, 2.24) is 9.80 Å². The molecule has 2 aliphatic rings. The topological polar surface area (TPSA) is 79.3 Å². The van der Waals surface area contributed by atoms with E-state index in [1.807, 2.05) is 41.5 Å². The summed E-state index contributed by atoms with van der Waals surface area (Å²) in [5.74, 6) is 0. The minimum absolute atomic E-state index is 0.166. The molecule has 1 N–H and O–H groups in total. The molecule has 0 aromatic heterocycles. The molecule has 2 fully saturated rings. The second-order valence-electron chi connectivity index (χ2n) is 9.34. The summed E-state index contributed by atoms with van der Waals surface area (Å²) in [7, 11) is 0. The predicted molar refractivity (Wildman–Crippen MR) is 118 cm³/mol. The molecular formula is C20H37IN2O5. The van der Waals surface area contributed by atoms with Crippen LogP contribution in [0.1, 0.15) is 67.2 Å². The summed E-state index contributed by atoms with van der Waals surface area (Å²) in [4.78, 5) is 26.6. The highest BCUT2D eigenvalue weighted by Gasteiger charge is 2.26. The second-order valence-corrected chi connectivity index (χ2v) is 11.1. The molecule has 0 atom stereocenters. The van der Waals surface area contributed by atoms with Crippen LogP contribution in [0, 0.1) is 0 Å². The van der Waals surface area contributed by atoms with Gasteiger partial charge in [0.15, 0.2) is 0 Å². The molecule has 0 aromatic carbocycles.